The second-order valence-electron chi connectivity index (χ2n) is 7.50. The third-order valence-corrected chi connectivity index (χ3v) is 5.77. The molecule has 0 radical (unpaired) electrons. The van der Waals surface area contributed by atoms with Gasteiger partial charge in [0.15, 0.2) is 0 Å². The number of amides is 1. The van der Waals surface area contributed by atoms with E-state index in [0.717, 1.165) is 28.7 Å². The highest BCUT2D eigenvalue weighted by molar-refractivity contribution is 6.31. The molecule has 154 valence electrons. The van der Waals surface area contributed by atoms with Crippen LogP contribution in [0, 0.1) is 0 Å². The van der Waals surface area contributed by atoms with Gasteiger partial charge in [-0.1, -0.05) is 41.9 Å². The Bertz CT molecular complexity index is 1450. The van der Waals surface area contributed by atoms with Gasteiger partial charge in [0.05, 0.1) is 16.6 Å². The molecular formula is C24H18ClN3O3. The molecule has 1 aromatic heterocycles. The van der Waals surface area contributed by atoms with Crippen LogP contribution < -0.4 is 16.1 Å². The first-order valence-electron chi connectivity index (χ1n) is 9.98. The van der Waals surface area contributed by atoms with E-state index in [1.54, 1.807) is 35.2 Å². The van der Waals surface area contributed by atoms with Crippen molar-refractivity contribution in [2.24, 2.45) is 0 Å². The Kier molecular flexibility index (Phi) is 4.71. The van der Waals surface area contributed by atoms with Crippen molar-refractivity contribution in [2.45, 2.75) is 12.8 Å². The molecular weight excluding hydrogens is 414 g/mol. The van der Waals surface area contributed by atoms with Crippen LogP contribution in [0.5, 0.6) is 0 Å². The average Bonchev–Trinajstić information content (AvgIpc) is 2.78. The Morgan fingerprint density at radius 3 is 2.61 bits per heavy atom. The molecule has 0 spiro atoms. The van der Waals surface area contributed by atoms with E-state index in [4.69, 9.17) is 11.6 Å². The standard InChI is InChI=1S/C24H18ClN3O3/c25-17-12-16(22(29)27-11-5-7-15-6-1-4-10-21(15)27)13-18(14-17)28-23(30)19-8-2-3-9-20(19)26-24(28)31/h1-4,6,8-10,12-14H,5,7,11H2,(H,26,31). The predicted octanol–water partition coefficient (Wildman–Crippen LogP) is 3.93. The number of nitrogens with zero attached hydrogens (tertiary/aromatic N) is 2. The minimum absolute atomic E-state index is 0.221. The molecule has 7 heteroatoms. The number of anilines is 1. The van der Waals surface area contributed by atoms with Gasteiger partial charge in [0.2, 0.25) is 0 Å². The van der Waals surface area contributed by atoms with E-state index in [1.807, 2.05) is 24.3 Å². The van der Waals surface area contributed by atoms with Gasteiger partial charge in [-0.3, -0.25) is 9.59 Å². The van der Waals surface area contributed by atoms with Gasteiger partial charge in [0.1, 0.15) is 0 Å². The molecule has 0 bridgehead atoms. The number of aromatic nitrogens is 2. The van der Waals surface area contributed by atoms with Gasteiger partial charge in [-0.05, 0) is 54.8 Å². The zero-order chi connectivity index (χ0) is 21.5. The monoisotopic (exact) mass is 431 g/mol. The lowest BCUT2D eigenvalue weighted by Gasteiger charge is -2.29. The first-order chi connectivity index (χ1) is 15.0. The number of benzene rings is 3. The van der Waals surface area contributed by atoms with Crippen LogP contribution in [0.3, 0.4) is 0 Å². The number of H-pyrrole nitrogens is 1. The van der Waals surface area contributed by atoms with Gasteiger partial charge in [0, 0.05) is 22.8 Å². The van der Waals surface area contributed by atoms with E-state index in [0.29, 0.717) is 23.0 Å². The molecule has 2 heterocycles. The van der Waals surface area contributed by atoms with Crippen LogP contribution in [0.25, 0.3) is 16.6 Å². The molecule has 6 nitrogen and oxygen atoms in total. The number of aryl methyl sites for hydroxylation is 1. The van der Waals surface area contributed by atoms with E-state index in [1.165, 1.54) is 12.1 Å². The molecule has 1 amide bonds. The fourth-order valence-electron chi connectivity index (χ4n) is 4.12. The van der Waals surface area contributed by atoms with Crippen molar-refractivity contribution in [3.63, 3.8) is 0 Å². The number of hydrogen-bond acceptors (Lipinski definition) is 3. The predicted molar refractivity (Wildman–Crippen MR) is 122 cm³/mol. The summed E-state index contributed by atoms with van der Waals surface area (Å²) in [6.07, 6.45) is 1.78. The van der Waals surface area contributed by atoms with Crippen molar-refractivity contribution in [3.8, 4) is 5.69 Å². The maximum absolute atomic E-state index is 13.4. The molecule has 4 aromatic rings. The average molecular weight is 432 g/mol. The molecule has 5 rings (SSSR count). The lowest BCUT2D eigenvalue weighted by atomic mass is 10.0. The minimum Gasteiger partial charge on any atom is -0.308 e. The molecule has 0 unspecified atom stereocenters. The number of halogens is 1. The highest BCUT2D eigenvalue weighted by Gasteiger charge is 2.24. The maximum atomic E-state index is 13.4. The summed E-state index contributed by atoms with van der Waals surface area (Å²) >= 11 is 6.31. The van der Waals surface area contributed by atoms with Crippen molar-refractivity contribution in [1.82, 2.24) is 9.55 Å². The van der Waals surface area contributed by atoms with Crippen molar-refractivity contribution < 1.29 is 4.79 Å². The number of carbonyl (C=O) groups excluding carboxylic acids is 1. The third-order valence-electron chi connectivity index (χ3n) is 5.55. The Morgan fingerprint density at radius 2 is 1.74 bits per heavy atom. The highest BCUT2D eigenvalue weighted by Crippen LogP contribution is 2.29. The van der Waals surface area contributed by atoms with Gasteiger partial charge in [-0.25, -0.2) is 9.36 Å². The summed E-state index contributed by atoms with van der Waals surface area (Å²) in [7, 11) is 0. The summed E-state index contributed by atoms with van der Waals surface area (Å²) in [5, 5.41) is 0.644. The second-order valence-corrected chi connectivity index (χ2v) is 7.94. The van der Waals surface area contributed by atoms with E-state index in [2.05, 4.69) is 4.98 Å². The molecule has 0 atom stereocenters. The summed E-state index contributed by atoms with van der Waals surface area (Å²) in [4.78, 5) is 43.5. The minimum atomic E-state index is -0.590. The fourth-order valence-corrected chi connectivity index (χ4v) is 4.35. The highest BCUT2D eigenvalue weighted by atomic mass is 35.5. The van der Waals surface area contributed by atoms with Crippen molar-refractivity contribution in [2.75, 3.05) is 11.4 Å². The van der Waals surface area contributed by atoms with E-state index >= 15 is 0 Å². The number of carbonyl (C=O) groups is 1. The number of aromatic amines is 1. The van der Waals surface area contributed by atoms with Gasteiger partial charge in [0.25, 0.3) is 11.5 Å². The van der Waals surface area contributed by atoms with Gasteiger partial charge in [-0.2, -0.15) is 0 Å². The van der Waals surface area contributed by atoms with Crippen LogP contribution in [0.2, 0.25) is 5.02 Å². The summed E-state index contributed by atoms with van der Waals surface area (Å²) < 4.78 is 1.01. The maximum Gasteiger partial charge on any atom is 0.333 e. The van der Waals surface area contributed by atoms with Crippen LogP contribution in [-0.4, -0.2) is 22.0 Å². The van der Waals surface area contributed by atoms with Crippen molar-refractivity contribution in [1.29, 1.82) is 0 Å². The first kappa shape index (κ1) is 19.3. The molecule has 3 aromatic carbocycles. The lowest BCUT2D eigenvalue weighted by molar-refractivity contribution is 0.0985. The van der Waals surface area contributed by atoms with Crippen molar-refractivity contribution >= 4 is 34.1 Å². The largest absolute Gasteiger partial charge is 0.333 e. The lowest BCUT2D eigenvalue weighted by Crippen LogP contribution is -2.36. The van der Waals surface area contributed by atoms with Gasteiger partial charge in [-0.15, -0.1) is 0 Å². The molecule has 0 saturated heterocycles. The van der Waals surface area contributed by atoms with E-state index < -0.39 is 11.2 Å². The zero-order valence-corrected chi connectivity index (χ0v) is 17.2. The molecule has 1 aliphatic rings. The quantitative estimate of drug-likeness (QED) is 0.522. The Hall–Kier alpha value is -3.64. The summed E-state index contributed by atoms with van der Waals surface area (Å²) in [5.74, 6) is -0.221. The number of hydrogen-bond donors (Lipinski definition) is 1. The molecule has 0 aliphatic carbocycles. The van der Waals surface area contributed by atoms with Crippen LogP contribution in [0.1, 0.15) is 22.3 Å². The molecule has 1 aliphatic heterocycles. The van der Waals surface area contributed by atoms with E-state index in [-0.39, 0.29) is 16.6 Å². The first-order valence-corrected chi connectivity index (χ1v) is 10.4. The number of nitrogens with one attached hydrogen (secondary N) is 1. The SMILES string of the molecule is O=C(c1cc(Cl)cc(-n2c(=O)[nH]c3ccccc3c2=O)c1)N1CCCc2ccccc21. The van der Waals surface area contributed by atoms with Crippen molar-refractivity contribution in [3.05, 3.63) is 104 Å². The number of fused-ring (bicyclic) bond motifs is 2. The van der Waals surface area contributed by atoms with Crippen LogP contribution in [0.15, 0.2) is 76.3 Å². The second kappa shape index (κ2) is 7.56. The third kappa shape index (κ3) is 3.35. The summed E-state index contributed by atoms with van der Waals surface area (Å²) in [6, 6.07) is 19.2. The van der Waals surface area contributed by atoms with Crippen LogP contribution in [0.4, 0.5) is 5.69 Å². The van der Waals surface area contributed by atoms with Gasteiger partial charge < -0.3 is 9.88 Å². The Labute approximate surface area is 182 Å². The smallest absolute Gasteiger partial charge is 0.308 e. The summed E-state index contributed by atoms with van der Waals surface area (Å²) in [6.45, 7) is 0.591. The van der Waals surface area contributed by atoms with Crippen LogP contribution in [-0.2, 0) is 6.42 Å². The topological polar surface area (TPSA) is 75.2 Å². The molecule has 0 saturated carbocycles. The Morgan fingerprint density at radius 1 is 0.968 bits per heavy atom. The molecule has 0 fully saturated rings. The summed E-state index contributed by atoms with van der Waals surface area (Å²) in [5.41, 5.74) is 1.96. The Balaban J connectivity index is 1.64. The van der Waals surface area contributed by atoms with Crippen LogP contribution >= 0.6 is 11.6 Å². The molecule has 31 heavy (non-hydrogen) atoms. The normalized spacial score (nSPS) is 13.3. The number of para-hydroxylation sites is 2. The number of rotatable bonds is 2. The zero-order valence-electron chi connectivity index (χ0n) is 16.5. The van der Waals surface area contributed by atoms with Gasteiger partial charge >= 0.3 is 5.69 Å². The molecule has 1 N–H and O–H groups in total. The fraction of sp³-hybridized carbons (Fsp3) is 0.125. The van der Waals surface area contributed by atoms with E-state index in [9.17, 15) is 14.4 Å².